The van der Waals surface area contributed by atoms with E-state index in [-0.39, 0.29) is 0 Å². The van der Waals surface area contributed by atoms with Crippen molar-refractivity contribution in [3.05, 3.63) is 23.3 Å². The second kappa shape index (κ2) is 6.51. The quantitative estimate of drug-likeness (QED) is 0.326. The summed E-state index contributed by atoms with van der Waals surface area (Å²) in [6, 6.07) is 0. The summed E-state index contributed by atoms with van der Waals surface area (Å²) in [4.78, 5) is 0. The maximum atomic E-state index is 8.71. The maximum absolute atomic E-state index is 8.71. The first-order valence-electron chi connectivity index (χ1n) is 6.13. The fourth-order valence-corrected chi connectivity index (χ4v) is 2.12. The lowest BCUT2D eigenvalue weighted by molar-refractivity contribution is 0.313. The molecule has 0 saturated carbocycles. The normalized spacial score (nSPS) is 21.6. The Kier molecular flexibility index (Phi) is 5.30. The van der Waals surface area contributed by atoms with Crippen LogP contribution >= 0.6 is 0 Å². The van der Waals surface area contributed by atoms with E-state index in [1.165, 1.54) is 12.0 Å². The monoisotopic (exact) mass is 221 g/mol. The number of allylic oxidation sites excluding steroid dienone is 4. The third kappa shape index (κ3) is 4.21. The Balaban J connectivity index is 2.38. The van der Waals surface area contributed by atoms with Gasteiger partial charge in [-0.3, -0.25) is 0 Å². The minimum Gasteiger partial charge on any atom is -0.411 e. The van der Waals surface area contributed by atoms with Gasteiger partial charge in [0.1, 0.15) is 0 Å². The van der Waals surface area contributed by atoms with Crippen molar-refractivity contribution in [2.45, 2.75) is 52.9 Å². The van der Waals surface area contributed by atoms with Crippen molar-refractivity contribution in [2.24, 2.45) is 11.1 Å². The highest BCUT2D eigenvalue weighted by atomic mass is 16.4. The minimum absolute atomic E-state index is 0.456. The van der Waals surface area contributed by atoms with Crippen molar-refractivity contribution in [3.8, 4) is 0 Å². The first-order valence-corrected chi connectivity index (χ1v) is 6.13. The zero-order chi connectivity index (χ0) is 12.0. The Hall–Kier alpha value is -1.05. The topological polar surface area (TPSA) is 32.6 Å². The van der Waals surface area contributed by atoms with E-state index in [2.05, 4.69) is 31.2 Å². The first kappa shape index (κ1) is 13.0. The molecule has 1 rings (SSSR count). The van der Waals surface area contributed by atoms with E-state index < -0.39 is 0 Å². The molecule has 0 saturated heterocycles. The highest BCUT2D eigenvalue weighted by Gasteiger charge is 2.16. The standard InChI is InChI=1S/C14H23NO/c1-11(2)5-4-6-13-7-9-14(10-8-13)12(3)15-16/h5,7,14,16H,4,6,8-10H2,1-3H3/b15-12-. The Morgan fingerprint density at radius 1 is 1.50 bits per heavy atom. The van der Waals surface area contributed by atoms with E-state index in [9.17, 15) is 0 Å². The Bertz CT molecular complexity index is 309. The molecule has 1 N–H and O–H groups in total. The molecule has 2 nitrogen and oxygen atoms in total. The van der Waals surface area contributed by atoms with E-state index in [0.29, 0.717) is 5.92 Å². The molecular formula is C14H23NO. The van der Waals surface area contributed by atoms with Gasteiger partial charge in [-0.1, -0.05) is 28.5 Å². The van der Waals surface area contributed by atoms with Crippen molar-refractivity contribution >= 4 is 5.71 Å². The number of oxime groups is 1. The predicted molar refractivity (Wildman–Crippen MR) is 69.0 cm³/mol. The predicted octanol–water partition coefficient (Wildman–Crippen LogP) is 4.31. The molecule has 0 aromatic heterocycles. The van der Waals surface area contributed by atoms with Crippen LogP contribution in [0.4, 0.5) is 0 Å². The molecule has 1 atom stereocenters. The first-order chi connectivity index (χ1) is 7.63. The van der Waals surface area contributed by atoms with Gasteiger partial charge in [0.15, 0.2) is 0 Å². The zero-order valence-corrected chi connectivity index (χ0v) is 10.7. The van der Waals surface area contributed by atoms with Crippen LogP contribution in [-0.4, -0.2) is 10.9 Å². The van der Waals surface area contributed by atoms with Gasteiger partial charge in [0, 0.05) is 5.92 Å². The summed E-state index contributed by atoms with van der Waals surface area (Å²) in [5.74, 6) is 0.456. The van der Waals surface area contributed by atoms with Crippen molar-refractivity contribution in [1.82, 2.24) is 0 Å². The lowest BCUT2D eigenvalue weighted by atomic mass is 9.85. The minimum atomic E-state index is 0.456. The molecule has 0 aliphatic heterocycles. The summed E-state index contributed by atoms with van der Waals surface area (Å²) in [6.07, 6.45) is 10.3. The molecule has 1 aliphatic carbocycles. The molecule has 2 heteroatoms. The van der Waals surface area contributed by atoms with Crippen LogP contribution in [0.5, 0.6) is 0 Å². The lowest BCUT2D eigenvalue weighted by Crippen LogP contribution is -2.14. The lowest BCUT2D eigenvalue weighted by Gasteiger charge is -2.20. The number of hydrogen-bond donors (Lipinski definition) is 1. The van der Waals surface area contributed by atoms with Gasteiger partial charge in [0.2, 0.25) is 0 Å². The third-order valence-electron chi connectivity index (χ3n) is 3.27. The molecule has 90 valence electrons. The van der Waals surface area contributed by atoms with Gasteiger partial charge >= 0.3 is 0 Å². The van der Waals surface area contributed by atoms with Crippen LogP contribution in [0, 0.1) is 5.92 Å². The van der Waals surface area contributed by atoms with Crippen molar-refractivity contribution < 1.29 is 5.21 Å². The van der Waals surface area contributed by atoms with Gasteiger partial charge in [-0.2, -0.15) is 0 Å². The zero-order valence-electron chi connectivity index (χ0n) is 10.7. The summed E-state index contributed by atoms with van der Waals surface area (Å²) in [5, 5.41) is 12.0. The summed E-state index contributed by atoms with van der Waals surface area (Å²) in [7, 11) is 0. The number of hydrogen-bond acceptors (Lipinski definition) is 2. The molecule has 0 fully saturated rings. The number of rotatable bonds is 4. The SMILES string of the molecule is CC(C)=CCCC1=CCC(/C(C)=N\O)CC1. The second-order valence-electron chi connectivity index (χ2n) is 4.90. The molecule has 0 heterocycles. The van der Waals surface area contributed by atoms with Crippen LogP contribution in [-0.2, 0) is 0 Å². The van der Waals surface area contributed by atoms with Crippen LogP contribution < -0.4 is 0 Å². The highest BCUT2D eigenvalue weighted by molar-refractivity contribution is 5.84. The van der Waals surface area contributed by atoms with Crippen molar-refractivity contribution in [3.63, 3.8) is 0 Å². The molecule has 0 radical (unpaired) electrons. The van der Waals surface area contributed by atoms with Crippen LogP contribution in [0.2, 0.25) is 0 Å². The van der Waals surface area contributed by atoms with Gasteiger partial charge in [-0.25, -0.2) is 0 Å². The summed E-state index contributed by atoms with van der Waals surface area (Å²) < 4.78 is 0. The smallest absolute Gasteiger partial charge is 0.0574 e. The molecule has 1 unspecified atom stereocenters. The van der Waals surface area contributed by atoms with Gasteiger partial charge in [0.05, 0.1) is 5.71 Å². The summed E-state index contributed by atoms with van der Waals surface area (Å²) in [6.45, 7) is 6.20. The van der Waals surface area contributed by atoms with E-state index >= 15 is 0 Å². The highest BCUT2D eigenvalue weighted by Crippen LogP contribution is 2.27. The van der Waals surface area contributed by atoms with E-state index in [1.54, 1.807) is 5.57 Å². The molecule has 0 aromatic rings. The molecule has 0 amide bonds. The molecule has 1 aliphatic rings. The van der Waals surface area contributed by atoms with Gasteiger partial charge in [-0.05, 0) is 52.9 Å². The Morgan fingerprint density at radius 2 is 2.25 bits per heavy atom. The molecule has 0 spiro atoms. The number of nitrogens with zero attached hydrogens (tertiary/aromatic N) is 1. The van der Waals surface area contributed by atoms with Crippen molar-refractivity contribution in [2.75, 3.05) is 0 Å². The van der Waals surface area contributed by atoms with Crippen LogP contribution in [0.3, 0.4) is 0 Å². The van der Waals surface area contributed by atoms with Crippen molar-refractivity contribution in [1.29, 1.82) is 0 Å². The van der Waals surface area contributed by atoms with Gasteiger partial charge in [-0.15, -0.1) is 0 Å². The molecular weight excluding hydrogens is 198 g/mol. The fourth-order valence-electron chi connectivity index (χ4n) is 2.12. The Morgan fingerprint density at radius 3 is 2.75 bits per heavy atom. The molecule has 16 heavy (non-hydrogen) atoms. The fraction of sp³-hybridized carbons (Fsp3) is 0.643. The van der Waals surface area contributed by atoms with E-state index in [0.717, 1.165) is 31.4 Å². The molecule has 0 bridgehead atoms. The third-order valence-corrected chi connectivity index (χ3v) is 3.27. The van der Waals surface area contributed by atoms with Crippen LogP contribution in [0.1, 0.15) is 52.9 Å². The average molecular weight is 221 g/mol. The average Bonchev–Trinajstić information content (AvgIpc) is 2.28. The second-order valence-corrected chi connectivity index (χ2v) is 4.90. The van der Waals surface area contributed by atoms with Gasteiger partial charge in [0.25, 0.3) is 0 Å². The summed E-state index contributed by atoms with van der Waals surface area (Å²) >= 11 is 0. The maximum Gasteiger partial charge on any atom is 0.0574 e. The Labute approximate surface area is 98.7 Å². The molecule has 0 aromatic carbocycles. The van der Waals surface area contributed by atoms with Gasteiger partial charge < -0.3 is 5.21 Å². The van der Waals surface area contributed by atoms with Crippen LogP contribution in [0.25, 0.3) is 0 Å². The summed E-state index contributed by atoms with van der Waals surface area (Å²) in [5.41, 5.74) is 3.84. The van der Waals surface area contributed by atoms with E-state index in [1.807, 2.05) is 6.92 Å². The largest absolute Gasteiger partial charge is 0.411 e. The van der Waals surface area contributed by atoms with E-state index in [4.69, 9.17) is 5.21 Å². The van der Waals surface area contributed by atoms with Crippen LogP contribution in [0.15, 0.2) is 28.5 Å².